The van der Waals surface area contributed by atoms with Crippen molar-refractivity contribution in [3.63, 3.8) is 0 Å². The molecule has 6 nitrogen and oxygen atoms in total. The highest BCUT2D eigenvalue weighted by atomic mass is 32.2. The minimum Gasteiger partial charge on any atom is -0.261 e. The quantitative estimate of drug-likeness (QED) is 0.448. The molecule has 2 aromatic carbocycles. The van der Waals surface area contributed by atoms with Crippen LogP contribution in [-0.2, 0) is 21.9 Å². The second kappa shape index (κ2) is 8.04. The van der Waals surface area contributed by atoms with E-state index in [-0.39, 0.29) is 11.2 Å². The van der Waals surface area contributed by atoms with E-state index in [1.54, 1.807) is 33.5 Å². The van der Waals surface area contributed by atoms with Crippen LogP contribution < -0.4 is 0 Å². The average Bonchev–Trinajstić information content (AvgIpc) is 3.39. The topological polar surface area (TPSA) is 68.1 Å². The predicted molar refractivity (Wildman–Crippen MR) is 126 cm³/mol. The molecule has 0 spiro atoms. The van der Waals surface area contributed by atoms with Gasteiger partial charge in [-0.2, -0.15) is 5.10 Å². The van der Waals surface area contributed by atoms with Gasteiger partial charge in [-0.3, -0.25) is 4.98 Å². The van der Waals surface area contributed by atoms with Gasteiger partial charge in [0.2, 0.25) is 10.0 Å². The van der Waals surface area contributed by atoms with Crippen LogP contribution in [0.1, 0.15) is 23.2 Å². The van der Waals surface area contributed by atoms with E-state index in [1.807, 2.05) is 18.2 Å². The molecule has 0 aliphatic carbocycles. The van der Waals surface area contributed by atoms with Crippen molar-refractivity contribution >= 4 is 20.9 Å². The normalized spacial score (nSPS) is 19.4. The molecule has 1 aliphatic heterocycles. The molecule has 170 valence electrons. The third-order valence-corrected chi connectivity index (χ3v) is 7.84. The molecule has 33 heavy (non-hydrogen) atoms. The lowest BCUT2D eigenvalue weighted by molar-refractivity contribution is 0.413. The number of benzene rings is 2. The smallest absolute Gasteiger partial charge is 0.211 e. The summed E-state index contributed by atoms with van der Waals surface area (Å²) in [6.45, 7) is 2.96. The van der Waals surface area contributed by atoms with Crippen molar-refractivity contribution in [2.24, 2.45) is 0 Å². The monoisotopic (exact) mass is 464 g/mol. The lowest BCUT2D eigenvalue weighted by Gasteiger charge is -2.31. The Morgan fingerprint density at radius 2 is 1.91 bits per heavy atom. The van der Waals surface area contributed by atoms with Crippen LogP contribution >= 0.6 is 0 Å². The van der Waals surface area contributed by atoms with E-state index in [0.717, 1.165) is 39.8 Å². The number of aryl methyl sites for hydroxylation is 1. The van der Waals surface area contributed by atoms with Crippen LogP contribution in [0.4, 0.5) is 4.39 Å². The fraction of sp³-hybridized carbons (Fsp3) is 0.280. The van der Waals surface area contributed by atoms with Crippen molar-refractivity contribution in [2.75, 3.05) is 19.3 Å². The average molecular weight is 465 g/mol. The van der Waals surface area contributed by atoms with Gasteiger partial charge in [-0.1, -0.05) is 6.07 Å². The van der Waals surface area contributed by atoms with Crippen LogP contribution in [-0.4, -0.2) is 46.8 Å². The Morgan fingerprint density at radius 1 is 1.12 bits per heavy atom. The second-order valence-corrected chi connectivity index (χ2v) is 10.9. The molecule has 3 heterocycles. The molecule has 8 heteroatoms. The highest BCUT2D eigenvalue weighted by molar-refractivity contribution is 7.88. The zero-order valence-corrected chi connectivity index (χ0v) is 19.4. The van der Waals surface area contributed by atoms with Crippen molar-refractivity contribution < 1.29 is 12.8 Å². The zero-order chi connectivity index (χ0) is 23.2. The second-order valence-electron chi connectivity index (χ2n) is 8.88. The van der Waals surface area contributed by atoms with Crippen LogP contribution in [0.3, 0.4) is 0 Å². The minimum atomic E-state index is -3.30. The summed E-state index contributed by atoms with van der Waals surface area (Å²) < 4.78 is 41.5. The standard InChI is InChI=1S/C25H25FN4O2S/c1-18-13-24-19(16-28-30(24)22-8-6-20(26)7-9-22)14-23(18)25(15-21-5-3-4-11-27-21)10-12-29(17-25)33(2,31)32/h3-9,11,13-14,16H,10,12,15,17H2,1-2H3. The van der Waals surface area contributed by atoms with Crippen LogP contribution in [0.5, 0.6) is 0 Å². The van der Waals surface area contributed by atoms with Crippen molar-refractivity contribution in [2.45, 2.75) is 25.2 Å². The number of sulfonamides is 1. The van der Waals surface area contributed by atoms with Gasteiger partial charge in [-0.15, -0.1) is 0 Å². The number of fused-ring (bicyclic) bond motifs is 1. The molecule has 2 aromatic heterocycles. The highest BCUT2D eigenvalue weighted by Gasteiger charge is 2.44. The van der Waals surface area contributed by atoms with E-state index in [1.165, 1.54) is 18.4 Å². The summed E-state index contributed by atoms with van der Waals surface area (Å²) in [6, 6.07) is 16.3. The summed E-state index contributed by atoms with van der Waals surface area (Å²) in [4.78, 5) is 4.53. The van der Waals surface area contributed by atoms with Gasteiger partial charge in [0.05, 0.1) is 23.7 Å². The zero-order valence-electron chi connectivity index (χ0n) is 18.6. The Hall–Kier alpha value is -3.10. The summed E-state index contributed by atoms with van der Waals surface area (Å²) in [5, 5.41) is 5.50. The van der Waals surface area contributed by atoms with Gasteiger partial charge in [0.15, 0.2) is 0 Å². The molecular formula is C25H25FN4O2S. The molecule has 1 atom stereocenters. The third-order valence-electron chi connectivity index (χ3n) is 6.59. The van der Waals surface area contributed by atoms with Crippen molar-refractivity contribution in [3.05, 3.63) is 89.6 Å². The number of pyridine rings is 1. The number of halogens is 1. The van der Waals surface area contributed by atoms with Gasteiger partial charge in [0.1, 0.15) is 5.82 Å². The number of hydrogen-bond donors (Lipinski definition) is 0. The van der Waals surface area contributed by atoms with E-state index >= 15 is 0 Å². The molecule has 1 saturated heterocycles. The van der Waals surface area contributed by atoms with Gasteiger partial charge in [-0.05, 0) is 73.0 Å². The SMILES string of the molecule is Cc1cc2c(cnn2-c2ccc(F)cc2)cc1C1(Cc2ccccn2)CCN(S(C)(=O)=O)C1. The summed E-state index contributed by atoms with van der Waals surface area (Å²) in [5.41, 5.74) is 4.45. The predicted octanol–water partition coefficient (Wildman–Crippen LogP) is 4.01. The van der Waals surface area contributed by atoms with Gasteiger partial charge in [0.25, 0.3) is 0 Å². The maximum atomic E-state index is 13.4. The van der Waals surface area contributed by atoms with Crippen molar-refractivity contribution in [1.29, 1.82) is 0 Å². The molecule has 5 rings (SSSR count). The number of nitrogens with zero attached hydrogens (tertiary/aromatic N) is 4. The van der Waals surface area contributed by atoms with Gasteiger partial charge in [0, 0.05) is 42.2 Å². The Morgan fingerprint density at radius 3 is 2.58 bits per heavy atom. The maximum absolute atomic E-state index is 13.4. The molecule has 1 fully saturated rings. The van der Waals surface area contributed by atoms with E-state index in [2.05, 4.69) is 29.1 Å². The third kappa shape index (κ3) is 4.05. The lowest BCUT2D eigenvalue weighted by atomic mass is 9.74. The Kier molecular flexibility index (Phi) is 5.29. The van der Waals surface area contributed by atoms with Gasteiger partial charge < -0.3 is 0 Å². The number of rotatable bonds is 5. The minimum absolute atomic E-state index is 0.290. The Labute approximate surface area is 192 Å². The molecule has 1 unspecified atom stereocenters. The first-order valence-corrected chi connectivity index (χ1v) is 12.7. The van der Waals surface area contributed by atoms with E-state index in [0.29, 0.717) is 19.5 Å². The molecule has 0 amide bonds. The molecule has 4 aromatic rings. The lowest BCUT2D eigenvalue weighted by Crippen LogP contribution is -2.36. The van der Waals surface area contributed by atoms with Crippen LogP contribution in [0.15, 0.2) is 67.0 Å². The van der Waals surface area contributed by atoms with E-state index in [4.69, 9.17) is 0 Å². The summed E-state index contributed by atoms with van der Waals surface area (Å²) >= 11 is 0. The van der Waals surface area contributed by atoms with Crippen LogP contribution in [0.2, 0.25) is 0 Å². The van der Waals surface area contributed by atoms with Gasteiger partial charge >= 0.3 is 0 Å². The molecular weight excluding hydrogens is 439 g/mol. The molecule has 0 radical (unpaired) electrons. The highest BCUT2D eigenvalue weighted by Crippen LogP contribution is 2.41. The molecule has 0 saturated carbocycles. The molecule has 0 bridgehead atoms. The van der Waals surface area contributed by atoms with Crippen LogP contribution in [0, 0.1) is 12.7 Å². The first-order valence-electron chi connectivity index (χ1n) is 10.9. The first kappa shape index (κ1) is 21.7. The number of hydrogen-bond acceptors (Lipinski definition) is 4. The van der Waals surface area contributed by atoms with Crippen molar-refractivity contribution in [3.8, 4) is 5.69 Å². The summed E-state index contributed by atoms with van der Waals surface area (Å²) in [5.74, 6) is -0.290. The Bertz CT molecular complexity index is 1420. The number of aromatic nitrogens is 3. The first-order chi connectivity index (χ1) is 15.7. The van der Waals surface area contributed by atoms with Crippen LogP contribution in [0.25, 0.3) is 16.6 Å². The fourth-order valence-electron chi connectivity index (χ4n) is 4.96. The molecule has 1 aliphatic rings. The van der Waals surface area contributed by atoms with E-state index < -0.39 is 10.0 Å². The molecule has 0 N–H and O–H groups in total. The van der Waals surface area contributed by atoms with E-state index in [9.17, 15) is 12.8 Å². The van der Waals surface area contributed by atoms with Crippen molar-refractivity contribution in [1.82, 2.24) is 19.1 Å². The largest absolute Gasteiger partial charge is 0.261 e. The maximum Gasteiger partial charge on any atom is 0.211 e. The summed E-state index contributed by atoms with van der Waals surface area (Å²) in [7, 11) is -3.30. The Balaban J connectivity index is 1.62. The van der Waals surface area contributed by atoms with Gasteiger partial charge in [-0.25, -0.2) is 21.8 Å². The fourth-order valence-corrected chi connectivity index (χ4v) is 5.87. The summed E-state index contributed by atoms with van der Waals surface area (Å²) in [6.07, 6.45) is 6.22.